The Morgan fingerprint density at radius 1 is 1.29 bits per heavy atom. The standard InChI is InChI=1S/C20H23ClN4O3/c1-14-11-17(4-5-18(14)19(26)24-27)28-10-2-3-15-6-8-25(9-7-15)20-22-12-16(21)13-23-20/h4-5,11-13,15H,2-3,6-10H2,1H3. The van der Waals surface area contributed by atoms with E-state index >= 15 is 0 Å². The molecule has 148 valence electrons. The highest BCUT2D eigenvalue weighted by Crippen LogP contribution is 2.25. The molecule has 1 amide bonds. The quantitative estimate of drug-likeness (QED) is 0.503. The Morgan fingerprint density at radius 2 is 2.00 bits per heavy atom. The van der Waals surface area contributed by atoms with Gasteiger partial charge in [0, 0.05) is 23.8 Å². The van der Waals surface area contributed by atoms with Gasteiger partial charge in [0.1, 0.15) is 5.75 Å². The lowest BCUT2D eigenvalue weighted by molar-refractivity contribution is 0.1000. The fourth-order valence-electron chi connectivity index (χ4n) is 3.47. The zero-order valence-corrected chi connectivity index (χ0v) is 16.6. The van der Waals surface area contributed by atoms with Crippen LogP contribution < -0.4 is 9.64 Å². The first-order valence-electron chi connectivity index (χ1n) is 9.40. The van der Waals surface area contributed by atoms with E-state index in [4.69, 9.17) is 16.3 Å². The Kier molecular flexibility index (Phi) is 6.92. The van der Waals surface area contributed by atoms with Gasteiger partial charge in [-0.05, 0) is 62.3 Å². The Bertz CT molecular complexity index is 821. The Balaban J connectivity index is 1.38. The van der Waals surface area contributed by atoms with E-state index in [9.17, 15) is 9.70 Å². The second kappa shape index (κ2) is 9.59. The van der Waals surface area contributed by atoms with Gasteiger partial charge >= 0.3 is 5.91 Å². The van der Waals surface area contributed by atoms with Crippen LogP contribution in [-0.4, -0.2) is 35.6 Å². The van der Waals surface area contributed by atoms with Crippen molar-refractivity contribution in [2.24, 2.45) is 11.1 Å². The molecule has 0 atom stereocenters. The first kappa shape index (κ1) is 20.2. The van der Waals surface area contributed by atoms with Crippen molar-refractivity contribution in [3.8, 4) is 5.75 Å². The molecule has 0 spiro atoms. The van der Waals surface area contributed by atoms with Gasteiger partial charge < -0.3 is 9.64 Å². The fourth-order valence-corrected chi connectivity index (χ4v) is 3.57. The molecule has 0 aliphatic carbocycles. The summed E-state index contributed by atoms with van der Waals surface area (Å²) in [5, 5.41) is 3.01. The number of rotatable bonds is 7. The molecule has 0 N–H and O–H groups in total. The molecule has 8 heteroatoms. The number of piperidine rings is 1. The maximum absolute atomic E-state index is 11.4. The molecule has 3 rings (SSSR count). The third kappa shape index (κ3) is 5.25. The number of aryl methyl sites for hydroxylation is 1. The van der Waals surface area contributed by atoms with Crippen LogP contribution in [0.2, 0.25) is 5.02 Å². The second-order valence-electron chi connectivity index (χ2n) is 7.00. The van der Waals surface area contributed by atoms with Crippen molar-refractivity contribution < 1.29 is 9.53 Å². The number of ether oxygens (including phenoxy) is 1. The van der Waals surface area contributed by atoms with Crippen LogP contribution in [0.5, 0.6) is 5.75 Å². The molecular weight excluding hydrogens is 380 g/mol. The van der Waals surface area contributed by atoms with Crippen LogP contribution in [0, 0.1) is 17.7 Å². The molecule has 2 heterocycles. The highest BCUT2D eigenvalue weighted by Gasteiger charge is 2.20. The molecular formula is C20H23ClN4O3. The van der Waals surface area contributed by atoms with E-state index in [1.165, 1.54) is 0 Å². The molecule has 2 aromatic rings. The van der Waals surface area contributed by atoms with Crippen molar-refractivity contribution in [3.63, 3.8) is 0 Å². The van der Waals surface area contributed by atoms with E-state index in [0.717, 1.165) is 44.7 Å². The minimum absolute atomic E-state index is 0.318. The number of carbonyl (C=O) groups is 1. The number of aromatic nitrogens is 2. The summed E-state index contributed by atoms with van der Waals surface area (Å²) in [7, 11) is 0. The lowest BCUT2D eigenvalue weighted by Crippen LogP contribution is -2.34. The molecule has 0 saturated carbocycles. The van der Waals surface area contributed by atoms with Gasteiger partial charge in [0.05, 0.1) is 24.0 Å². The van der Waals surface area contributed by atoms with Crippen LogP contribution in [0.4, 0.5) is 5.95 Å². The molecule has 1 aliphatic rings. The van der Waals surface area contributed by atoms with E-state index in [1.54, 1.807) is 37.5 Å². The summed E-state index contributed by atoms with van der Waals surface area (Å²) in [6.45, 7) is 4.29. The zero-order valence-electron chi connectivity index (χ0n) is 15.8. The number of hydrogen-bond donors (Lipinski definition) is 0. The van der Waals surface area contributed by atoms with Crippen molar-refractivity contribution in [2.75, 3.05) is 24.6 Å². The van der Waals surface area contributed by atoms with Gasteiger partial charge in [-0.2, -0.15) is 0 Å². The summed E-state index contributed by atoms with van der Waals surface area (Å²) in [5.74, 6) is 1.37. The molecule has 0 bridgehead atoms. The molecule has 1 fully saturated rings. The average Bonchev–Trinajstić information content (AvgIpc) is 2.72. The van der Waals surface area contributed by atoms with Gasteiger partial charge in [-0.3, -0.25) is 4.79 Å². The van der Waals surface area contributed by atoms with Crippen molar-refractivity contribution in [2.45, 2.75) is 32.6 Å². The highest BCUT2D eigenvalue weighted by molar-refractivity contribution is 6.30. The lowest BCUT2D eigenvalue weighted by atomic mass is 9.92. The summed E-state index contributed by atoms with van der Waals surface area (Å²) in [6, 6.07) is 5.06. The van der Waals surface area contributed by atoms with E-state index in [0.29, 0.717) is 34.4 Å². The van der Waals surface area contributed by atoms with Gasteiger partial charge in [0.15, 0.2) is 0 Å². The van der Waals surface area contributed by atoms with Crippen molar-refractivity contribution >= 4 is 23.5 Å². The van der Waals surface area contributed by atoms with Crippen molar-refractivity contribution in [3.05, 3.63) is 51.6 Å². The van der Waals surface area contributed by atoms with Crippen LogP contribution in [0.1, 0.15) is 41.6 Å². The number of halogens is 1. The Hall–Kier alpha value is -2.54. The third-order valence-corrected chi connectivity index (χ3v) is 5.24. The molecule has 0 unspecified atom stereocenters. The monoisotopic (exact) mass is 402 g/mol. The van der Waals surface area contributed by atoms with Gasteiger partial charge in [0.25, 0.3) is 0 Å². The number of nitrogens with zero attached hydrogens (tertiary/aromatic N) is 4. The number of anilines is 1. The zero-order chi connectivity index (χ0) is 19.9. The van der Waals surface area contributed by atoms with Crippen molar-refractivity contribution in [1.29, 1.82) is 0 Å². The van der Waals surface area contributed by atoms with E-state index in [-0.39, 0.29) is 0 Å². The summed E-state index contributed by atoms with van der Waals surface area (Å²) in [5.41, 5.74) is 1.01. The van der Waals surface area contributed by atoms with Gasteiger partial charge in [0.2, 0.25) is 5.95 Å². The smallest absolute Gasteiger partial charge is 0.317 e. The molecule has 0 radical (unpaired) electrons. The fraction of sp³-hybridized carbons (Fsp3) is 0.450. The van der Waals surface area contributed by atoms with Crippen molar-refractivity contribution in [1.82, 2.24) is 9.97 Å². The van der Waals surface area contributed by atoms with Gasteiger partial charge in [-0.1, -0.05) is 11.6 Å². The Labute approximate surface area is 169 Å². The largest absolute Gasteiger partial charge is 0.494 e. The summed E-state index contributed by atoms with van der Waals surface area (Å²) in [6.07, 6.45) is 7.57. The minimum Gasteiger partial charge on any atom is -0.494 e. The number of hydrogen-bond acceptors (Lipinski definition) is 6. The summed E-state index contributed by atoms with van der Waals surface area (Å²) < 4.78 is 5.78. The number of nitroso groups, excluding NO2 is 1. The van der Waals surface area contributed by atoms with Crippen LogP contribution >= 0.6 is 11.6 Å². The number of benzene rings is 1. The highest BCUT2D eigenvalue weighted by atomic mass is 35.5. The van der Waals surface area contributed by atoms with Crippen LogP contribution in [0.15, 0.2) is 35.8 Å². The third-order valence-electron chi connectivity index (χ3n) is 5.04. The van der Waals surface area contributed by atoms with E-state index < -0.39 is 5.91 Å². The van der Waals surface area contributed by atoms with Crippen LogP contribution in [0.25, 0.3) is 0 Å². The lowest BCUT2D eigenvalue weighted by Gasteiger charge is -2.31. The maximum Gasteiger partial charge on any atom is 0.317 e. The van der Waals surface area contributed by atoms with E-state index in [1.807, 2.05) is 0 Å². The predicted molar refractivity (Wildman–Crippen MR) is 108 cm³/mol. The number of amides is 1. The van der Waals surface area contributed by atoms with Crippen LogP contribution in [-0.2, 0) is 0 Å². The topological polar surface area (TPSA) is 84.8 Å². The summed E-state index contributed by atoms with van der Waals surface area (Å²) >= 11 is 5.84. The average molecular weight is 403 g/mol. The molecule has 7 nitrogen and oxygen atoms in total. The first-order chi connectivity index (χ1) is 13.6. The van der Waals surface area contributed by atoms with Gasteiger partial charge in [-0.25, -0.2) is 9.97 Å². The van der Waals surface area contributed by atoms with Gasteiger partial charge in [-0.15, -0.1) is 4.91 Å². The minimum atomic E-state index is -0.751. The van der Waals surface area contributed by atoms with E-state index in [2.05, 4.69) is 20.0 Å². The summed E-state index contributed by atoms with van der Waals surface area (Å²) in [4.78, 5) is 32.5. The second-order valence-corrected chi connectivity index (χ2v) is 7.43. The SMILES string of the molecule is Cc1cc(OCCCC2CCN(c3ncc(Cl)cn3)CC2)ccc1C(=O)N=O. The normalized spacial score (nSPS) is 14.7. The first-order valence-corrected chi connectivity index (χ1v) is 9.78. The van der Waals surface area contributed by atoms with Crippen LogP contribution in [0.3, 0.4) is 0 Å². The number of carbonyl (C=O) groups excluding carboxylic acids is 1. The molecule has 28 heavy (non-hydrogen) atoms. The molecule has 1 saturated heterocycles. The molecule has 1 aromatic carbocycles. The predicted octanol–water partition coefficient (Wildman–Crippen LogP) is 4.42. The maximum atomic E-state index is 11.4. The molecule has 1 aromatic heterocycles. The Morgan fingerprint density at radius 3 is 2.64 bits per heavy atom. The molecule has 1 aliphatic heterocycles.